The summed E-state index contributed by atoms with van der Waals surface area (Å²) in [4.78, 5) is 27.2. The van der Waals surface area contributed by atoms with Crippen molar-refractivity contribution >= 4 is 62.8 Å². The number of benzene rings is 1. The Hall–Kier alpha value is -2.43. The number of rotatable bonds is 9. The van der Waals surface area contributed by atoms with Gasteiger partial charge in [0.2, 0.25) is 16.9 Å². The molecule has 2 N–H and O–H groups in total. The van der Waals surface area contributed by atoms with E-state index in [0.717, 1.165) is 41.1 Å². The third-order valence-electron chi connectivity index (χ3n) is 4.50. The summed E-state index contributed by atoms with van der Waals surface area (Å²) in [6, 6.07) is 11.5. The zero-order valence-electron chi connectivity index (χ0n) is 16.2. The zero-order valence-corrected chi connectivity index (χ0v) is 18.6. The third kappa shape index (κ3) is 5.59. The average molecular weight is 460 g/mol. The maximum absolute atomic E-state index is 12.2. The smallest absolute Gasteiger partial charge is 0.234 e. The zero-order chi connectivity index (χ0) is 20.8. The molecule has 1 saturated heterocycles. The number of aromatic nitrogens is 2. The lowest BCUT2D eigenvalue weighted by Crippen LogP contribution is -2.23. The van der Waals surface area contributed by atoms with Crippen molar-refractivity contribution in [1.82, 2.24) is 10.2 Å². The Labute approximate surface area is 186 Å². The largest absolute Gasteiger partial charge is 0.360 e. The molecule has 1 aliphatic rings. The van der Waals surface area contributed by atoms with Crippen LogP contribution in [0.4, 0.5) is 16.5 Å². The maximum Gasteiger partial charge on any atom is 0.234 e. The van der Waals surface area contributed by atoms with Crippen molar-refractivity contribution in [2.45, 2.75) is 23.6 Å². The molecule has 0 saturated carbocycles. The molecule has 7 nitrogen and oxygen atoms in total. The SMILES string of the molecule is O=C(CSc1nnc(NCCc2cccs2)s1)Nc1ccc(N2CCCC2=O)cc1. The molecule has 2 amide bonds. The molecule has 0 aliphatic carbocycles. The molecule has 10 heteroatoms. The van der Waals surface area contributed by atoms with Crippen LogP contribution >= 0.6 is 34.4 Å². The van der Waals surface area contributed by atoms with Crippen molar-refractivity contribution in [2.24, 2.45) is 0 Å². The van der Waals surface area contributed by atoms with Crippen LogP contribution in [0.2, 0.25) is 0 Å². The first-order chi connectivity index (χ1) is 14.7. The van der Waals surface area contributed by atoms with Gasteiger partial charge in [0.15, 0.2) is 4.34 Å². The lowest BCUT2D eigenvalue weighted by atomic mass is 10.2. The highest BCUT2D eigenvalue weighted by Gasteiger charge is 2.21. The minimum Gasteiger partial charge on any atom is -0.360 e. The molecule has 0 unspecified atom stereocenters. The van der Waals surface area contributed by atoms with Crippen LogP contribution in [0.15, 0.2) is 46.1 Å². The molecule has 0 spiro atoms. The summed E-state index contributed by atoms with van der Waals surface area (Å²) < 4.78 is 0.756. The van der Waals surface area contributed by atoms with E-state index in [-0.39, 0.29) is 17.6 Å². The minimum absolute atomic E-state index is 0.104. The topological polar surface area (TPSA) is 87.2 Å². The van der Waals surface area contributed by atoms with Crippen LogP contribution in [0, 0.1) is 0 Å². The Morgan fingerprint density at radius 1 is 1.20 bits per heavy atom. The summed E-state index contributed by atoms with van der Waals surface area (Å²) in [5.41, 5.74) is 1.59. The molecule has 3 heterocycles. The molecule has 2 aromatic heterocycles. The predicted molar refractivity (Wildman–Crippen MR) is 124 cm³/mol. The summed E-state index contributed by atoms with van der Waals surface area (Å²) >= 11 is 4.56. The number of anilines is 3. The van der Waals surface area contributed by atoms with Crippen LogP contribution in [0.5, 0.6) is 0 Å². The van der Waals surface area contributed by atoms with Crippen molar-refractivity contribution in [2.75, 3.05) is 34.4 Å². The molecule has 0 atom stereocenters. The van der Waals surface area contributed by atoms with Gasteiger partial charge >= 0.3 is 0 Å². The minimum atomic E-state index is -0.104. The van der Waals surface area contributed by atoms with Crippen molar-refractivity contribution < 1.29 is 9.59 Å². The van der Waals surface area contributed by atoms with E-state index < -0.39 is 0 Å². The number of thioether (sulfide) groups is 1. The van der Waals surface area contributed by atoms with Crippen LogP contribution < -0.4 is 15.5 Å². The molecular formula is C20H21N5O2S3. The van der Waals surface area contributed by atoms with Gasteiger partial charge in [0.25, 0.3) is 0 Å². The predicted octanol–water partition coefficient (Wildman–Crippen LogP) is 4.11. The summed E-state index contributed by atoms with van der Waals surface area (Å²) in [6.07, 6.45) is 2.45. The molecular weight excluding hydrogens is 438 g/mol. The van der Waals surface area contributed by atoms with Gasteiger partial charge in [-0.2, -0.15) is 0 Å². The van der Waals surface area contributed by atoms with E-state index in [0.29, 0.717) is 12.1 Å². The van der Waals surface area contributed by atoms with E-state index in [1.807, 2.05) is 30.3 Å². The Kier molecular flexibility index (Phi) is 6.98. The molecule has 30 heavy (non-hydrogen) atoms. The van der Waals surface area contributed by atoms with Crippen molar-refractivity contribution in [3.8, 4) is 0 Å². The van der Waals surface area contributed by atoms with Gasteiger partial charge in [-0.05, 0) is 48.6 Å². The third-order valence-corrected chi connectivity index (χ3v) is 7.45. The van der Waals surface area contributed by atoms with E-state index >= 15 is 0 Å². The van der Waals surface area contributed by atoms with Gasteiger partial charge in [-0.3, -0.25) is 9.59 Å². The number of carbonyl (C=O) groups excluding carboxylic acids is 2. The van der Waals surface area contributed by atoms with E-state index in [9.17, 15) is 9.59 Å². The summed E-state index contributed by atoms with van der Waals surface area (Å²) in [6.45, 7) is 1.56. The normalized spacial score (nSPS) is 13.6. The van der Waals surface area contributed by atoms with Gasteiger partial charge in [0.1, 0.15) is 0 Å². The first-order valence-electron chi connectivity index (χ1n) is 9.60. The summed E-state index contributed by atoms with van der Waals surface area (Å²) in [5.74, 6) is 0.309. The van der Waals surface area contributed by atoms with Gasteiger partial charge in [-0.15, -0.1) is 21.5 Å². The summed E-state index contributed by atoms with van der Waals surface area (Å²) in [5, 5.41) is 17.2. The molecule has 1 fully saturated rings. The van der Waals surface area contributed by atoms with Gasteiger partial charge in [-0.25, -0.2) is 0 Å². The van der Waals surface area contributed by atoms with Crippen molar-refractivity contribution in [3.63, 3.8) is 0 Å². The number of hydrogen-bond acceptors (Lipinski definition) is 8. The van der Waals surface area contributed by atoms with Gasteiger partial charge in [0.05, 0.1) is 5.75 Å². The molecule has 3 aromatic rings. The molecule has 156 valence electrons. The standard InChI is InChI=1S/C20H21N5O2S3/c26-17(22-14-5-7-15(8-6-14)25-11-1-4-18(25)27)13-29-20-24-23-19(30-20)21-10-9-16-3-2-12-28-16/h2-3,5-8,12H,1,4,9-11,13H2,(H,21,23)(H,22,26). The van der Waals surface area contributed by atoms with E-state index in [4.69, 9.17) is 0 Å². The number of carbonyl (C=O) groups is 2. The second-order valence-electron chi connectivity index (χ2n) is 6.66. The Balaban J connectivity index is 1.20. The second kappa shape index (κ2) is 10.1. The lowest BCUT2D eigenvalue weighted by molar-refractivity contribution is -0.117. The van der Waals surface area contributed by atoms with Gasteiger partial charge in [0, 0.05) is 35.8 Å². The maximum atomic E-state index is 12.2. The van der Waals surface area contributed by atoms with E-state index in [1.165, 1.54) is 28.0 Å². The fourth-order valence-corrected chi connectivity index (χ4v) is 5.34. The Morgan fingerprint density at radius 3 is 2.80 bits per heavy atom. The van der Waals surface area contributed by atoms with Gasteiger partial charge in [-0.1, -0.05) is 29.2 Å². The molecule has 1 aliphatic heterocycles. The molecule has 1 aromatic carbocycles. The number of thiophene rings is 1. The number of nitrogens with zero attached hydrogens (tertiary/aromatic N) is 3. The van der Waals surface area contributed by atoms with Crippen molar-refractivity contribution in [1.29, 1.82) is 0 Å². The highest BCUT2D eigenvalue weighted by Crippen LogP contribution is 2.26. The molecule has 0 radical (unpaired) electrons. The number of hydrogen-bond donors (Lipinski definition) is 2. The first-order valence-corrected chi connectivity index (χ1v) is 12.3. The van der Waals surface area contributed by atoms with E-state index in [1.54, 1.807) is 16.2 Å². The Morgan fingerprint density at radius 2 is 2.07 bits per heavy atom. The lowest BCUT2D eigenvalue weighted by Gasteiger charge is -2.16. The number of amides is 2. The van der Waals surface area contributed by atoms with E-state index in [2.05, 4.69) is 32.3 Å². The van der Waals surface area contributed by atoms with Crippen LogP contribution in [0.25, 0.3) is 0 Å². The molecule has 4 rings (SSSR count). The van der Waals surface area contributed by atoms with Crippen LogP contribution in [0.1, 0.15) is 17.7 Å². The van der Waals surface area contributed by atoms with Crippen LogP contribution in [0.3, 0.4) is 0 Å². The monoisotopic (exact) mass is 459 g/mol. The highest BCUT2D eigenvalue weighted by molar-refractivity contribution is 8.01. The van der Waals surface area contributed by atoms with Crippen LogP contribution in [-0.2, 0) is 16.0 Å². The average Bonchev–Trinajstić information content (AvgIpc) is 3.50. The second-order valence-corrected chi connectivity index (χ2v) is 9.89. The molecule has 0 bridgehead atoms. The Bertz CT molecular complexity index is 988. The van der Waals surface area contributed by atoms with Gasteiger partial charge < -0.3 is 15.5 Å². The van der Waals surface area contributed by atoms with Crippen molar-refractivity contribution in [3.05, 3.63) is 46.7 Å². The highest BCUT2D eigenvalue weighted by atomic mass is 32.2. The first kappa shape index (κ1) is 20.8. The fraction of sp³-hybridized carbons (Fsp3) is 0.300. The number of nitrogens with one attached hydrogen (secondary N) is 2. The quantitative estimate of drug-likeness (QED) is 0.468. The van der Waals surface area contributed by atoms with Crippen LogP contribution in [-0.4, -0.2) is 40.9 Å². The fourth-order valence-electron chi connectivity index (χ4n) is 3.06. The summed E-state index contributed by atoms with van der Waals surface area (Å²) in [7, 11) is 0.